The van der Waals surface area contributed by atoms with Gasteiger partial charge in [0.15, 0.2) is 0 Å². The van der Waals surface area contributed by atoms with Crippen LogP contribution in [0.2, 0.25) is 0 Å². The van der Waals surface area contributed by atoms with Gasteiger partial charge in [0, 0.05) is 6.61 Å². The van der Waals surface area contributed by atoms with Crippen molar-refractivity contribution in [3.8, 4) is 17.6 Å². The van der Waals surface area contributed by atoms with Crippen LogP contribution in [-0.4, -0.2) is 19.8 Å². The van der Waals surface area contributed by atoms with Gasteiger partial charge in [-0.05, 0) is 31.4 Å². The van der Waals surface area contributed by atoms with Gasteiger partial charge >= 0.3 is 0 Å². The number of benzene rings is 1. The van der Waals surface area contributed by atoms with E-state index in [4.69, 9.17) is 9.47 Å². The highest BCUT2D eigenvalue weighted by Crippen LogP contribution is 2.16. The molecule has 0 N–H and O–H groups in total. The maximum absolute atomic E-state index is 5.56. The lowest BCUT2D eigenvalue weighted by Gasteiger charge is -2.17. The second-order valence-corrected chi connectivity index (χ2v) is 3.82. The Labute approximate surface area is 96.6 Å². The van der Waals surface area contributed by atoms with Crippen LogP contribution in [-0.2, 0) is 4.74 Å². The minimum atomic E-state index is 0.0960. The molecule has 0 aromatic heterocycles. The Morgan fingerprint density at radius 1 is 1.31 bits per heavy atom. The number of rotatable bonds is 1. The van der Waals surface area contributed by atoms with Crippen LogP contribution in [0.15, 0.2) is 24.3 Å². The molecule has 84 valence electrons. The van der Waals surface area contributed by atoms with Crippen LogP contribution in [0.4, 0.5) is 0 Å². The number of hydrogen-bond acceptors (Lipinski definition) is 2. The third kappa shape index (κ3) is 2.77. The summed E-state index contributed by atoms with van der Waals surface area (Å²) in [6.07, 6.45) is 3.51. The van der Waals surface area contributed by atoms with E-state index in [0.717, 1.165) is 30.8 Å². The molecule has 1 aromatic rings. The number of ether oxygens (including phenoxy) is 2. The van der Waals surface area contributed by atoms with Gasteiger partial charge in [0.05, 0.1) is 12.7 Å². The van der Waals surface area contributed by atoms with E-state index >= 15 is 0 Å². The molecule has 0 saturated carbocycles. The summed E-state index contributed by atoms with van der Waals surface area (Å²) in [4.78, 5) is 0. The Kier molecular flexibility index (Phi) is 3.85. The second-order valence-electron chi connectivity index (χ2n) is 3.82. The summed E-state index contributed by atoms with van der Waals surface area (Å²) < 4.78 is 10.8. The van der Waals surface area contributed by atoms with Crippen molar-refractivity contribution in [2.75, 3.05) is 13.7 Å². The van der Waals surface area contributed by atoms with Crippen molar-refractivity contribution in [3.05, 3.63) is 29.8 Å². The summed E-state index contributed by atoms with van der Waals surface area (Å²) in [5.41, 5.74) is 0.930. The first-order valence-electron chi connectivity index (χ1n) is 5.66. The van der Waals surface area contributed by atoms with Crippen LogP contribution in [0.5, 0.6) is 5.75 Å². The van der Waals surface area contributed by atoms with E-state index in [1.165, 1.54) is 6.42 Å². The molecule has 1 fully saturated rings. The second kappa shape index (κ2) is 5.58. The summed E-state index contributed by atoms with van der Waals surface area (Å²) in [6, 6.07) is 7.80. The fraction of sp³-hybridized carbons (Fsp3) is 0.429. The fourth-order valence-electron chi connectivity index (χ4n) is 1.76. The molecule has 2 heteroatoms. The molecule has 1 heterocycles. The summed E-state index contributed by atoms with van der Waals surface area (Å²) in [7, 11) is 1.66. The van der Waals surface area contributed by atoms with E-state index in [-0.39, 0.29) is 6.10 Å². The Morgan fingerprint density at radius 3 is 2.94 bits per heavy atom. The SMILES string of the molecule is COc1ccccc1C#C[C@H]1CCCCO1. The average molecular weight is 216 g/mol. The third-order valence-corrected chi connectivity index (χ3v) is 2.65. The molecule has 1 aliphatic rings. The Balaban J connectivity index is 2.10. The first kappa shape index (κ1) is 11.0. The van der Waals surface area contributed by atoms with Crippen molar-refractivity contribution in [3.63, 3.8) is 0 Å². The van der Waals surface area contributed by atoms with E-state index in [2.05, 4.69) is 11.8 Å². The number of methoxy groups -OCH3 is 1. The lowest BCUT2D eigenvalue weighted by atomic mass is 10.1. The molecule has 0 aliphatic carbocycles. The monoisotopic (exact) mass is 216 g/mol. The van der Waals surface area contributed by atoms with E-state index in [9.17, 15) is 0 Å². The van der Waals surface area contributed by atoms with Gasteiger partial charge in [-0.15, -0.1) is 0 Å². The highest BCUT2D eigenvalue weighted by Gasteiger charge is 2.10. The molecular formula is C14H16O2. The number of para-hydroxylation sites is 1. The van der Waals surface area contributed by atoms with Gasteiger partial charge in [-0.3, -0.25) is 0 Å². The van der Waals surface area contributed by atoms with Crippen LogP contribution < -0.4 is 4.74 Å². The predicted octanol–water partition coefficient (Wildman–Crippen LogP) is 2.62. The van der Waals surface area contributed by atoms with Crippen molar-refractivity contribution in [1.29, 1.82) is 0 Å². The first-order chi connectivity index (χ1) is 7.90. The molecule has 16 heavy (non-hydrogen) atoms. The van der Waals surface area contributed by atoms with Crippen molar-refractivity contribution >= 4 is 0 Å². The Morgan fingerprint density at radius 2 is 2.19 bits per heavy atom. The van der Waals surface area contributed by atoms with Gasteiger partial charge in [-0.2, -0.15) is 0 Å². The normalized spacial score (nSPS) is 19.7. The summed E-state index contributed by atoms with van der Waals surface area (Å²) in [6.45, 7) is 0.839. The topological polar surface area (TPSA) is 18.5 Å². The van der Waals surface area contributed by atoms with Gasteiger partial charge in [0.2, 0.25) is 0 Å². The maximum Gasteiger partial charge on any atom is 0.134 e. The molecule has 1 atom stereocenters. The molecule has 0 bridgehead atoms. The first-order valence-corrected chi connectivity index (χ1v) is 5.66. The minimum Gasteiger partial charge on any atom is -0.495 e. The molecule has 1 aliphatic heterocycles. The van der Waals surface area contributed by atoms with Gasteiger partial charge in [0.25, 0.3) is 0 Å². The van der Waals surface area contributed by atoms with Crippen LogP contribution >= 0.6 is 0 Å². The van der Waals surface area contributed by atoms with Gasteiger partial charge < -0.3 is 9.47 Å². The lowest BCUT2D eigenvalue weighted by Crippen LogP contribution is -2.16. The summed E-state index contributed by atoms with van der Waals surface area (Å²) in [5.74, 6) is 7.12. The quantitative estimate of drug-likeness (QED) is 0.672. The fourth-order valence-corrected chi connectivity index (χ4v) is 1.76. The molecule has 2 rings (SSSR count). The van der Waals surface area contributed by atoms with Crippen molar-refractivity contribution in [2.45, 2.75) is 25.4 Å². The van der Waals surface area contributed by atoms with E-state index in [0.29, 0.717) is 0 Å². The van der Waals surface area contributed by atoms with Gasteiger partial charge in [0.1, 0.15) is 11.9 Å². The molecule has 0 unspecified atom stereocenters. The van der Waals surface area contributed by atoms with Crippen molar-refractivity contribution < 1.29 is 9.47 Å². The van der Waals surface area contributed by atoms with E-state index in [1.807, 2.05) is 24.3 Å². The average Bonchev–Trinajstić information content (AvgIpc) is 2.38. The molecule has 1 saturated heterocycles. The highest BCUT2D eigenvalue weighted by atomic mass is 16.5. The Hall–Kier alpha value is -1.46. The van der Waals surface area contributed by atoms with E-state index < -0.39 is 0 Å². The van der Waals surface area contributed by atoms with Crippen molar-refractivity contribution in [2.24, 2.45) is 0 Å². The third-order valence-electron chi connectivity index (χ3n) is 2.65. The molecule has 0 radical (unpaired) electrons. The number of hydrogen-bond donors (Lipinski definition) is 0. The van der Waals surface area contributed by atoms with Crippen molar-refractivity contribution in [1.82, 2.24) is 0 Å². The Bertz CT molecular complexity index is 395. The van der Waals surface area contributed by atoms with Crippen LogP contribution in [0, 0.1) is 11.8 Å². The lowest BCUT2D eigenvalue weighted by molar-refractivity contribution is 0.0526. The molecule has 0 spiro atoms. The van der Waals surface area contributed by atoms with Crippen LogP contribution in [0.3, 0.4) is 0 Å². The van der Waals surface area contributed by atoms with Gasteiger partial charge in [-0.1, -0.05) is 24.0 Å². The molecule has 1 aromatic carbocycles. The zero-order valence-corrected chi connectivity index (χ0v) is 9.53. The largest absolute Gasteiger partial charge is 0.495 e. The smallest absolute Gasteiger partial charge is 0.134 e. The molecular weight excluding hydrogens is 200 g/mol. The molecule has 0 amide bonds. The standard InChI is InChI=1S/C14H16O2/c1-15-14-8-3-2-6-12(14)9-10-13-7-4-5-11-16-13/h2-3,6,8,13H,4-5,7,11H2,1H3/t13-/m1/s1. The highest BCUT2D eigenvalue weighted by molar-refractivity contribution is 5.46. The summed E-state index contributed by atoms with van der Waals surface area (Å²) >= 11 is 0. The zero-order valence-electron chi connectivity index (χ0n) is 9.53. The van der Waals surface area contributed by atoms with Crippen LogP contribution in [0.1, 0.15) is 24.8 Å². The maximum atomic E-state index is 5.56. The zero-order chi connectivity index (χ0) is 11.2. The predicted molar refractivity (Wildman–Crippen MR) is 63.5 cm³/mol. The van der Waals surface area contributed by atoms with E-state index in [1.54, 1.807) is 7.11 Å². The summed E-state index contributed by atoms with van der Waals surface area (Å²) in [5, 5.41) is 0. The van der Waals surface area contributed by atoms with Crippen LogP contribution in [0.25, 0.3) is 0 Å². The minimum absolute atomic E-state index is 0.0960. The molecule has 2 nitrogen and oxygen atoms in total. The van der Waals surface area contributed by atoms with Gasteiger partial charge in [-0.25, -0.2) is 0 Å².